The normalized spacial score (nSPS) is 32.9. The van der Waals surface area contributed by atoms with Gasteiger partial charge in [-0.2, -0.15) is 0 Å². The van der Waals surface area contributed by atoms with E-state index in [1.807, 2.05) is 0 Å². The van der Waals surface area contributed by atoms with Crippen molar-refractivity contribution in [3.8, 4) is 11.8 Å². The van der Waals surface area contributed by atoms with Crippen LogP contribution in [0.25, 0.3) is 0 Å². The zero-order valence-electron chi connectivity index (χ0n) is 20.2. The highest BCUT2D eigenvalue weighted by molar-refractivity contribution is 5.08. The monoisotopic (exact) mass is 446 g/mol. The molecule has 4 heteroatoms. The molecule has 4 fully saturated rings. The van der Waals surface area contributed by atoms with Gasteiger partial charge in [0.25, 0.3) is 0 Å². The van der Waals surface area contributed by atoms with Crippen molar-refractivity contribution in [3.05, 3.63) is 0 Å². The van der Waals surface area contributed by atoms with Crippen LogP contribution in [0.3, 0.4) is 0 Å². The maximum absolute atomic E-state index is 6.07. The van der Waals surface area contributed by atoms with E-state index in [2.05, 4.69) is 11.8 Å². The van der Waals surface area contributed by atoms with Crippen molar-refractivity contribution in [2.24, 2.45) is 11.8 Å². The van der Waals surface area contributed by atoms with Crippen molar-refractivity contribution in [1.82, 2.24) is 0 Å². The molecule has 0 atom stereocenters. The molecule has 0 heterocycles. The van der Waals surface area contributed by atoms with Crippen LogP contribution in [0, 0.1) is 23.7 Å². The van der Waals surface area contributed by atoms with Gasteiger partial charge in [-0.15, -0.1) is 0 Å². The maximum Gasteiger partial charge on any atom is 0.147 e. The van der Waals surface area contributed by atoms with Gasteiger partial charge in [0, 0.05) is 11.8 Å². The molecule has 182 valence electrons. The summed E-state index contributed by atoms with van der Waals surface area (Å²) in [7, 11) is 0. The first kappa shape index (κ1) is 24.5. The minimum absolute atomic E-state index is 0.326. The molecule has 0 amide bonds. The highest BCUT2D eigenvalue weighted by atomic mass is 16.7. The summed E-state index contributed by atoms with van der Waals surface area (Å²) in [4.78, 5) is 0. The zero-order chi connectivity index (χ0) is 21.8. The van der Waals surface area contributed by atoms with Crippen LogP contribution in [0.5, 0.6) is 0 Å². The predicted molar refractivity (Wildman–Crippen MR) is 127 cm³/mol. The summed E-state index contributed by atoms with van der Waals surface area (Å²) in [5.74, 6) is 8.46. The van der Waals surface area contributed by atoms with Crippen LogP contribution in [-0.2, 0) is 18.9 Å². The summed E-state index contributed by atoms with van der Waals surface area (Å²) < 4.78 is 24.0. The van der Waals surface area contributed by atoms with Crippen LogP contribution >= 0.6 is 0 Å². The SMILES string of the molecule is C(#CC1CCC(OCOC2CCC(OCOC3CCCCC3)CC2)CC1)C1CCCCC1. The van der Waals surface area contributed by atoms with Gasteiger partial charge in [0.2, 0.25) is 0 Å². The Morgan fingerprint density at radius 1 is 0.375 bits per heavy atom. The van der Waals surface area contributed by atoms with Crippen molar-refractivity contribution in [3.63, 3.8) is 0 Å². The van der Waals surface area contributed by atoms with E-state index in [1.54, 1.807) is 0 Å². The first-order chi connectivity index (χ1) is 15.8. The number of hydrogen-bond donors (Lipinski definition) is 0. The lowest BCUT2D eigenvalue weighted by molar-refractivity contribution is -0.157. The molecule has 0 N–H and O–H groups in total. The Hall–Kier alpha value is -0.600. The van der Waals surface area contributed by atoms with E-state index in [1.165, 1.54) is 77.0 Å². The van der Waals surface area contributed by atoms with E-state index >= 15 is 0 Å². The van der Waals surface area contributed by atoms with Crippen molar-refractivity contribution in [1.29, 1.82) is 0 Å². The summed E-state index contributed by atoms with van der Waals surface area (Å²) in [6.45, 7) is 0.918. The molecular weight excluding hydrogens is 400 g/mol. The Balaban J connectivity index is 1.01. The highest BCUT2D eigenvalue weighted by Gasteiger charge is 2.24. The lowest BCUT2D eigenvalue weighted by Gasteiger charge is -2.30. The van der Waals surface area contributed by atoms with Gasteiger partial charge in [-0.05, 0) is 77.0 Å². The quantitative estimate of drug-likeness (QED) is 0.305. The molecule has 32 heavy (non-hydrogen) atoms. The van der Waals surface area contributed by atoms with Crippen LogP contribution in [0.15, 0.2) is 0 Å². The highest BCUT2D eigenvalue weighted by Crippen LogP contribution is 2.29. The lowest BCUT2D eigenvalue weighted by Crippen LogP contribution is -2.30. The minimum Gasteiger partial charge on any atom is -0.352 e. The Morgan fingerprint density at radius 3 is 1.19 bits per heavy atom. The molecule has 0 aromatic rings. The van der Waals surface area contributed by atoms with Crippen molar-refractivity contribution >= 4 is 0 Å². The third kappa shape index (κ3) is 8.64. The number of rotatable bonds is 8. The molecule has 0 radical (unpaired) electrons. The van der Waals surface area contributed by atoms with Gasteiger partial charge >= 0.3 is 0 Å². The molecule has 0 unspecified atom stereocenters. The average Bonchev–Trinajstić information content (AvgIpc) is 2.86. The predicted octanol–water partition coefficient (Wildman–Crippen LogP) is 6.75. The van der Waals surface area contributed by atoms with Crippen LogP contribution in [0.2, 0.25) is 0 Å². The molecule has 4 aliphatic rings. The maximum atomic E-state index is 6.07. The second-order valence-electron chi connectivity index (χ2n) is 10.7. The molecule has 4 rings (SSSR count). The fraction of sp³-hybridized carbons (Fsp3) is 0.929. The fourth-order valence-electron chi connectivity index (χ4n) is 5.92. The summed E-state index contributed by atoms with van der Waals surface area (Å²) in [5, 5.41) is 0. The first-order valence-electron chi connectivity index (χ1n) is 13.8. The van der Waals surface area contributed by atoms with E-state index in [-0.39, 0.29) is 0 Å². The lowest BCUT2D eigenvalue weighted by atomic mass is 9.85. The van der Waals surface area contributed by atoms with Crippen molar-refractivity contribution in [2.75, 3.05) is 13.6 Å². The van der Waals surface area contributed by atoms with Gasteiger partial charge in [0.1, 0.15) is 13.6 Å². The van der Waals surface area contributed by atoms with Crippen LogP contribution in [-0.4, -0.2) is 38.0 Å². The largest absolute Gasteiger partial charge is 0.352 e. The Labute approximate surface area is 196 Å². The molecule has 4 nitrogen and oxygen atoms in total. The van der Waals surface area contributed by atoms with E-state index < -0.39 is 0 Å². The molecule has 4 saturated carbocycles. The van der Waals surface area contributed by atoms with E-state index in [9.17, 15) is 0 Å². The minimum atomic E-state index is 0.326. The third-order valence-corrected chi connectivity index (χ3v) is 8.16. The second-order valence-corrected chi connectivity index (χ2v) is 10.7. The average molecular weight is 447 g/mol. The summed E-state index contributed by atoms with van der Waals surface area (Å²) in [6, 6.07) is 0. The zero-order valence-corrected chi connectivity index (χ0v) is 20.2. The van der Waals surface area contributed by atoms with Crippen molar-refractivity contribution in [2.45, 2.75) is 140 Å². The molecule has 4 aliphatic carbocycles. The summed E-state index contributed by atoms with van der Waals surface area (Å²) in [6.07, 6.45) is 23.6. The molecule has 0 aromatic heterocycles. The van der Waals surface area contributed by atoms with Gasteiger partial charge < -0.3 is 18.9 Å². The first-order valence-corrected chi connectivity index (χ1v) is 13.8. The molecule has 0 saturated heterocycles. The van der Waals surface area contributed by atoms with Crippen LogP contribution in [0.1, 0.15) is 116 Å². The Morgan fingerprint density at radius 2 is 0.719 bits per heavy atom. The van der Waals surface area contributed by atoms with E-state index in [0.717, 1.165) is 38.5 Å². The molecule has 0 aromatic carbocycles. The standard InChI is InChI=1S/C28H46O4/c1-3-7-23(8-4-1)11-12-24-13-15-26(16-14-24)30-22-32-28-19-17-27(18-20-28)31-21-29-25-9-5-2-6-10-25/h23-28H,1-10,13-22H2. The van der Waals surface area contributed by atoms with E-state index in [0.29, 0.717) is 49.8 Å². The van der Waals surface area contributed by atoms with Crippen LogP contribution < -0.4 is 0 Å². The number of ether oxygens (including phenoxy) is 4. The second kappa shape index (κ2) is 14.0. The topological polar surface area (TPSA) is 36.9 Å². The van der Waals surface area contributed by atoms with Gasteiger partial charge in [-0.1, -0.05) is 50.4 Å². The van der Waals surface area contributed by atoms with Crippen LogP contribution in [0.4, 0.5) is 0 Å². The Bertz CT molecular complexity index is 554. The number of hydrogen-bond acceptors (Lipinski definition) is 4. The fourth-order valence-corrected chi connectivity index (χ4v) is 5.92. The molecule has 0 bridgehead atoms. The summed E-state index contributed by atoms with van der Waals surface area (Å²) in [5.41, 5.74) is 0. The van der Waals surface area contributed by atoms with E-state index in [4.69, 9.17) is 18.9 Å². The van der Waals surface area contributed by atoms with Gasteiger partial charge in [0.05, 0.1) is 24.4 Å². The summed E-state index contributed by atoms with van der Waals surface area (Å²) >= 11 is 0. The molecular formula is C28H46O4. The van der Waals surface area contributed by atoms with Gasteiger partial charge in [-0.3, -0.25) is 0 Å². The third-order valence-electron chi connectivity index (χ3n) is 8.16. The molecule has 0 spiro atoms. The molecule has 0 aliphatic heterocycles. The smallest absolute Gasteiger partial charge is 0.147 e. The Kier molecular flexibility index (Phi) is 10.7. The van der Waals surface area contributed by atoms with Crippen molar-refractivity contribution < 1.29 is 18.9 Å². The van der Waals surface area contributed by atoms with Gasteiger partial charge in [-0.25, -0.2) is 0 Å². The van der Waals surface area contributed by atoms with Gasteiger partial charge in [0.15, 0.2) is 0 Å².